The molecule has 2 aliphatic carbocycles. The Kier molecular flexibility index (Phi) is 7.60. The number of alkyl halides is 3. The van der Waals surface area contributed by atoms with Gasteiger partial charge in [-0.05, 0) is 93.0 Å². The van der Waals surface area contributed by atoms with Gasteiger partial charge in [-0.2, -0.15) is 13.2 Å². The van der Waals surface area contributed by atoms with Gasteiger partial charge < -0.3 is 24.8 Å². The summed E-state index contributed by atoms with van der Waals surface area (Å²) in [4.78, 5) is 15.4. The number of halogens is 3. The van der Waals surface area contributed by atoms with E-state index in [1.807, 2.05) is 36.7 Å². The molecule has 44 heavy (non-hydrogen) atoms. The normalized spacial score (nSPS) is 23.1. The third kappa shape index (κ3) is 5.30. The SMILES string of the molecule is C=C[C@@H](C)Nc1cc(N2Cc3c(cc(CNC4(C)CCC4)cc3C(F)(F)F)C2=O)cc([C@]2(c3nncn3C)C[C@H](OC)C2)c1. The molecule has 1 aliphatic heterocycles. The molecule has 234 valence electrons. The zero-order chi connectivity index (χ0) is 31.4. The van der Waals surface area contributed by atoms with Crippen molar-refractivity contribution < 1.29 is 22.7 Å². The number of nitrogens with one attached hydrogen (secondary N) is 2. The van der Waals surface area contributed by atoms with E-state index < -0.39 is 23.1 Å². The molecule has 0 unspecified atom stereocenters. The average Bonchev–Trinajstić information content (AvgIpc) is 3.52. The molecular weight excluding hydrogens is 569 g/mol. The number of aryl methyl sites for hydroxylation is 1. The summed E-state index contributed by atoms with van der Waals surface area (Å²) in [6, 6.07) is 8.47. The molecule has 0 radical (unpaired) electrons. The summed E-state index contributed by atoms with van der Waals surface area (Å²) in [6.07, 6.45) is 3.19. The third-order valence-corrected chi connectivity index (χ3v) is 9.74. The van der Waals surface area contributed by atoms with Crippen LogP contribution in [0.5, 0.6) is 0 Å². The number of hydrogen-bond acceptors (Lipinski definition) is 6. The zero-order valence-corrected chi connectivity index (χ0v) is 25.6. The van der Waals surface area contributed by atoms with Crippen LogP contribution < -0.4 is 15.5 Å². The minimum atomic E-state index is -4.60. The fourth-order valence-electron chi connectivity index (χ4n) is 6.83. The van der Waals surface area contributed by atoms with Crippen LogP contribution in [-0.2, 0) is 36.5 Å². The smallest absolute Gasteiger partial charge is 0.381 e. The van der Waals surface area contributed by atoms with E-state index in [2.05, 4.69) is 34.3 Å². The van der Waals surface area contributed by atoms with Crippen LogP contribution in [0.2, 0.25) is 0 Å². The number of nitrogens with zero attached hydrogens (tertiary/aromatic N) is 4. The highest BCUT2D eigenvalue weighted by molar-refractivity contribution is 6.10. The maximum Gasteiger partial charge on any atom is 0.416 e. The minimum Gasteiger partial charge on any atom is -0.381 e. The highest BCUT2D eigenvalue weighted by Gasteiger charge is 2.51. The molecule has 2 saturated carbocycles. The van der Waals surface area contributed by atoms with E-state index in [9.17, 15) is 18.0 Å². The number of rotatable bonds is 10. The fourth-order valence-corrected chi connectivity index (χ4v) is 6.83. The van der Waals surface area contributed by atoms with Crippen molar-refractivity contribution in [1.29, 1.82) is 0 Å². The molecule has 2 heterocycles. The number of benzene rings is 2. The number of hydrogen-bond donors (Lipinski definition) is 2. The highest BCUT2D eigenvalue weighted by atomic mass is 19.4. The summed E-state index contributed by atoms with van der Waals surface area (Å²) >= 11 is 0. The van der Waals surface area contributed by atoms with Crippen LogP contribution in [-0.4, -0.2) is 45.5 Å². The zero-order valence-electron chi connectivity index (χ0n) is 25.6. The molecule has 0 bridgehead atoms. The van der Waals surface area contributed by atoms with Gasteiger partial charge in [-0.3, -0.25) is 4.79 Å². The second kappa shape index (κ2) is 11.0. The first-order valence-electron chi connectivity index (χ1n) is 15.1. The molecule has 2 fully saturated rings. The van der Waals surface area contributed by atoms with Crippen molar-refractivity contribution in [3.05, 3.63) is 83.0 Å². The first-order valence-corrected chi connectivity index (χ1v) is 15.1. The lowest BCUT2D eigenvalue weighted by Gasteiger charge is -2.46. The van der Waals surface area contributed by atoms with E-state index in [0.29, 0.717) is 24.1 Å². The Hall–Kier alpha value is -3.70. The van der Waals surface area contributed by atoms with Crippen molar-refractivity contribution in [2.75, 3.05) is 17.3 Å². The van der Waals surface area contributed by atoms with E-state index in [-0.39, 0.29) is 41.9 Å². The third-order valence-electron chi connectivity index (χ3n) is 9.74. The first-order chi connectivity index (χ1) is 20.9. The van der Waals surface area contributed by atoms with Gasteiger partial charge >= 0.3 is 6.18 Å². The van der Waals surface area contributed by atoms with Crippen LogP contribution in [0.15, 0.2) is 49.3 Å². The second-order valence-corrected chi connectivity index (χ2v) is 12.9. The topological polar surface area (TPSA) is 84.3 Å². The molecule has 2 aromatic carbocycles. The molecule has 3 aromatic rings. The standard InChI is InChI=1S/C33H39F3N6O2/c1-6-20(2)39-23-12-22(32(15-25(16-32)44-5)30-40-38-19-41(30)4)13-24(14-23)42-18-27-26(29(42)43)10-21(11-28(27)33(34,35)36)17-37-31(3)8-7-9-31/h6,10-14,19-20,25,37,39H,1,7-9,15-18H2,2-5H3/t20-,25-,32-/m1/s1. The van der Waals surface area contributed by atoms with Gasteiger partial charge in [0.25, 0.3) is 5.91 Å². The van der Waals surface area contributed by atoms with Gasteiger partial charge in [0, 0.05) is 49.2 Å². The fraction of sp³-hybridized carbons (Fsp3) is 0.485. The second-order valence-electron chi connectivity index (χ2n) is 12.9. The van der Waals surface area contributed by atoms with Crippen molar-refractivity contribution >= 4 is 17.3 Å². The van der Waals surface area contributed by atoms with Crippen molar-refractivity contribution in [1.82, 2.24) is 20.1 Å². The van der Waals surface area contributed by atoms with Crippen molar-refractivity contribution in [2.24, 2.45) is 7.05 Å². The number of anilines is 2. The van der Waals surface area contributed by atoms with Crippen molar-refractivity contribution in [3.63, 3.8) is 0 Å². The summed E-state index contributed by atoms with van der Waals surface area (Å²) < 4.78 is 50.8. The van der Waals surface area contributed by atoms with Gasteiger partial charge in [-0.15, -0.1) is 16.8 Å². The molecule has 1 aromatic heterocycles. The Morgan fingerprint density at radius 3 is 2.55 bits per heavy atom. The van der Waals surface area contributed by atoms with E-state index in [1.54, 1.807) is 25.6 Å². The lowest BCUT2D eigenvalue weighted by molar-refractivity contribution is -0.138. The summed E-state index contributed by atoms with van der Waals surface area (Å²) in [5.74, 6) is 0.316. The van der Waals surface area contributed by atoms with E-state index in [4.69, 9.17) is 4.74 Å². The number of carbonyl (C=O) groups is 1. The maximum atomic E-state index is 14.4. The molecule has 0 spiro atoms. The Labute approximate surface area is 255 Å². The molecule has 0 saturated heterocycles. The summed E-state index contributed by atoms with van der Waals surface area (Å²) in [5.41, 5.74) is 1.31. The van der Waals surface area contributed by atoms with Gasteiger partial charge in [-0.25, -0.2) is 0 Å². The molecule has 11 heteroatoms. The molecule has 3 aliphatic rings. The largest absolute Gasteiger partial charge is 0.416 e. The average molecular weight is 609 g/mol. The molecular formula is C33H39F3N6O2. The van der Waals surface area contributed by atoms with Gasteiger partial charge in [0.15, 0.2) is 0 Å². The van der Waals surface area contributed by atoms with E-state index >= 15 is 0 Å². The molecule has 2 N–H and O–H groups in total. The number of aromatic nitrogens is 3. The van der Waals surface area contributed by atoms with Gasteiger partial charge in [0.1, 0.15) is 12.2 Å². The predicted octanol–water partition coefficient (Wildman–Crippen LogP) is 6.11. The van der Waals surface area contributed by atoms with Gasteiger partial charge in [0.2, 0.25) is 0 Å². The number of methoxy groups -OCH3 is 1. The quantitative estimate of drug-likeness (QED) is 0.271. The van der Waals surface area contributed by atoms with E-state index in [1.165, 1.54) is 11.0 Å². The lowest BCUT2D eigenvalue weighted by atomic mass is 9.61. The Morgan fingerprint density at radius 1 is 1.20 bits per heavy atom. The number of amides is 1. The molecule has 8 nitrogen and oxygen atoms in total. The van der Waals surface area contributed by atoms with Crippen molar-refractivity contribution in [3.8, 4) is 0 Å². The van der Waals surface area contributed by atoms with Crippen LogP contribution in [0.3, 0.4) is 0 Å². The molecule has 1 atom stereocenters. The number of ether oxygens (including phenoxy) is 1. The highest BCUT2D eigenvalue weighted by Crippen LogP contribution is 2.51. The lowest BCUT2D eigenvalue weighted by Crippen LogP contribution is -2.48. The number of fused-ring (bicyclic) bond motifs is 1. The van der Waals surface area contributed by atoms with Gasteiger partial charge in [-0.1, -0.05) is 6.08 Å². The first kappa shape index (κ1) is 30.3. The van der Waals surface area contributed by atoms with E-state index in [0.717, 1.165) is 36.3 Å². The number of carbonyl (C=O) groups excluding carboxylic acids is 1. The molecule has 1 amide bonds. The van der Waals surface area contributed by atoms with Crippen LogP contribution in [0, 0.1) is 0 Å². The Bertz CT molecular complexity index is 1590. The Balaban J connectivity index is 1.41. The predicted molar refractivity (Wildman–Crippen MR) is 163 cm³/mol. The minimum absolute atomic E-state index is 0.00610. The summed E-state index contributed by atoms with van der Waals surface area (Å²) in [6.45, 7) is 8.00. The van der Waals surface area contributed by atoms with Crippen LogP contribution in [0.1, 0.15) is 84.4 Å². The monoisotopic (exact) mass is 608 g/mol. The molecule has 6 rings (SSSR count). The summed E-state index contributed by atoms with van der Waals surface area (Å²) in [5, 5.41) is 15.4. The van der Waals surface area contributed by atoms with Crippen LogP contribution in [0.25, 0.3) is 0 Å². The Morgan fingerprint density at radius 2 is 1.95 bits per heavy atom. The van der Waals surface area contributed by atoms with Crippen molar-refractivity contribution in [2.45, 2.75) is 88.3 Å². The summed E-state index contributed by atoms with van der Waals surface area (Å²) in [7, 11) is 3.56. The van der Waals surface area contributed by atoms with Crippen LogP contribution in [0.4, 0.5) is 24.5 Å². The van der Waals surface area contributed by atoms with Crippen LogP contribution >= 0.6 is 0 Å². The maximum absolute atomic E-state index is 14.4. The van der Waals surface area contributed by atoms with Gasteiger partial charge in [0.05, 0.1) is 23.6 Å².